The Morgan fingerprint density at radius 2 is 2.00 bits per heavy atom. The molecule has 1 aromatic rings. The molecule has 0 bridgehead atoms. The van der Waals surface area contributed by atoms with Gasteiger partial charge < -0.3 is 4.52 Å². The summed E-state index contributed by atoms with van der Waals surface area (Å²) in [6.07, 6.45) is 0. The zero-order chi connectivity index (χ0) is 8.81. The van der Waals surface area contributed by atoms with Crippen LogP contribution in [0, 0.1) is 0 Å². The normalized spacial score (nSPS) is 12.8. The number of hydrogen-bond acceptors (Lipinski definition) is 2. The summed E-state index contributed by atoms with van der Waals surface area (Å²) in [4.78, 5) is 1.29. The van der Waals surface area contributed by atoms with E-state index in [1.807, 2.05) is 24.4 Å². The van der Waals surface area contributed by atoms with E-state index in [-0.39, 0.29) is 7.35 Å². The fourth-order valence-corrected chi connectivity index (χ4v) is 3.56. The SMILES string of the molecule is CCOP(C)Sc1ccccc1. The molecule has 0 amide bonds. The second kappa shape index (κ2) is 5.58. The maximum Gasteiger partial charge on any atom is 0.0903 e. The van der Waals surface area contributed by atoms with E-state index < -0.39 is 0 Å². The van der Waals surface area contributed by atoms with Crippen molar-refractivity contribution in [2.24, 2.45) is 0 Å². The standard InChI is InChI=1S/C9H13OPS/c1-3-10-11(2)12-9-7-5-4-6-8-9/h4-8H,3H2,1-2H3. The molecule has 0 heterocycles. The molecule has 1 aromatic carbocycles. The van der Waals surface area contributed by atoms with Gasteiger partial charge in [-0.15, -0.1) is 0 Å². The first-order valence-corrected chi connectivity index (χ1v) is 7.05. The van der Waals surface area contributed by atoms with Gasteiger partial charge in [-0.2, -0.15) is 0 Å². The molecule has 12 heavy (non-hydrogen) atoms. The second-order valence-corrected chi connectivity index (χ2v) is 6.14. The molecule has 0 N–H and O–H groups in total. The molecule has 1 unspecified atom stereocenters. The van der Waals surface area contributed by atoms with E-state index in [1.165, 1.54) is 4.90 Å². The van der Waals surface area contributed by atoms with Crippen LogP contribution in [-0.2, 0) is 4.52 Å². The van der Waals surface area contributed by atoms with Crippen LogP contribution >= 0.6 is 18.7 Å². The molecule has 0 saturated heterocycles. The van der Waals surface area contributed by atoms with Crippen molar-refractivity contribution in [3.05, 3.63) is 30.3 Å². The van der Waals surface area contributed by atoms with Crippen molar-refractivity contribution < 1.29 is 4.52 Å². The van der Waals surface area contributed by atoms with Crippen LogP contribution < -0.4 is 0 Å². The van der Waals surface area contributed by atoms with Gasteiger partial charge in [-0.25, -0.2) is 0 Å². The summed E-state index contributed by atoms with van der Waals surface area (Å²) < 4.78 is 5.47. The van der Waals surface area contributed by atoms with Crippen LogP contribution in [0.25, 0.3) is 0 Å². The van der Waals surface area contributed by atoms with Gasteiger partial charge in [0.15, 0.2) is 0 Å². The Morgan fingerprint density at radius 3 is 2.58 bits per heavy atom. The van der Waals surface area contributed by atoms with E-state index in [0.29, 0.717) is 0 Å². The minimum atomic E-state index is -0.340. The van der Waals surface area contributed by atoms with Crippen molar-refractivity contribution in [3.8, 4) is 0 Å². The van der Waals surface area contributed by atoms with E-state index in [9.17, 15) is 0 Å². The number of benzene rings is 1. The highest BCUT2D eigenvalue weighted by Gasteiger charge is 2.01. The van der Waals surface area contributed by atoms with Crippen LogP contribution in [0.15, 0.2) is 35.2 Å². The van der Waals surface area contributed by atoms with Crippen LogP contribution in [0.4, 0.5) is 0 Å². The van der Waals surface area contributed by atoms with Crippen LogP contribution in [-0.4, -0.2) is 13.3 Å². The maximum absolute atomic E-state index is 5.47. The van der Waals surface area contributed by atoms with Gasteiger partial charge in [0.05, 0.1) is 7.35 Å². The third kappa shape index (κ3) is 3.57. The smallest absolute Gasteiger partial charge is 0.0903 e. The predicted octanol–water partition coefficient (Wildman–Crippen LogP) is 3.76. The molecule has 0 radical (unpaired) electrons. The Balaban J connectivity index is 2.41. The molecule has 66 valence electrons. The van der Waals surface area contributed by atoms with Gasteiger partial charge in [0.25, 0.3) is 0 Å². The first-order valence-electron chi connectivity index (χ1n) is 3.92. The van der Waals surface area contributed by atoms with Gasteiger partial charge in [0.1, 0.15) is 0 Å². The number of hydrogen-bond donors (Lipinski definition) is 0. The lowest BCUT2D eigenvalue weighted by Crippen LogP contribution is -1.78. The average molecular weight is 200 g/mol. The molecule has 1 atom stereocenters. The minimum absolute atomic E-state index is 0.340. The van der Waals surface area contributed by atoms with Crippen molar-refractivity contribution in [1.29, 1.82) is 0 Å². The average Bonchev–Trinajstić information content (AvgIpc) is 2.06. The van der Waals surface area contributed by atoms with Gasteiger partial charge in [-0.05, 0) is 25.7 Å². The van der Waals surface area contributed by atoms with Gasteiger partial charge in [-0.3, -0.25) is 0 Å². The van der Waals surface area contributed by atoms with Gasteiger partial charge in [0, 0.05) is 11.5 Å². The van der Waals surface area contributed by atoms with Crippen LogP contribution in [0.3, 0.4) is 0 Å². The highest BCUT2D eigenvalue weighted by atomic mass is 32.7. The lowest BCUT2D eigenvalue weighted by atomic mass is 10.4. The molecule has 0 aliphatic rings. The Hall–Kier alpha value is -0.0400. The van der Waals surface area contributed by atoms with Crippen molar-refractivity contribution in [3.63, 3.8) is 0 Å². The third-order valence-corrected chi connectivity index (χ3v) is 4.37. The van der Waals surface area contributed by atoms with Crippen molar-refractivity contribution in [1.82, 2.24) is 0 Å². The van der Waals surface area contributed by atoms with Crippen LogP contribution in [0.5, 0.6) is 0 Å². The number of rotatable bonds is 4. The largest absolute Gasteiger partial charge is 0.348 e. The minimum Gasteiger partial charge on any atom is -0.348 e. The summed E-state index contributed by atoms with van der Waals surface area (Å²) in [7, 11) is -0.340. The lowest BCUT2D eigenvalue weighted by molar-refractivity contribution is 0.389. The molecular weight excluding hydrogens is 187 g/mol. The van der Waals surface area contributed by atoms with Crippen molar-refractivity contribution >= 4 is 18.7 Å². The van der Waals surface area contributed by atoms with Crippen molar-refractivity contribution in [2.75, 3.05) is 13.3 Å². The topological polar surface area (TPSA) is 9.23 Å². The van der Waals surface area contributed by atoms with Crippen LogP contribution in [0.2, 0.25) is 0 Å². The first-order chi connectivity index (χ1) is 5.83. The highest BCUT2D eigenvalue weighted by Crippen LogP contribution is 2.51. The Morgan fingerprint density at radius 1 is 1.33 bits per heavy atom. The molecule has 0 aliphatic heterocycles. The molecule has 1 rings (SSSR count). The third-order valence-electron chi connectivity index (χ3n) is 1.29. The highest BCUT2D eigenvalue weighted by molar-refractivity contribution is 8.54. The summed E-state index contributed by atoms with van der Waals surface area (Å²) >= 11 is 1.81. The lowest BCUT2D eigenvalue weighted by Gasteiger charge is -2.09. The van der Waals surface area contributed by atoms with Gasteiger partial charge in [0.2, 0.25) is 0 Å². The summed E-state index contributed by atoms with van der Waals surface area (Å²) in [5, 5.41) is 0. The molecule has 1 nitrogen and oxygen atoms in total. The van der Waals surface area contributed by atoms with Gasteiger partial charge in [-0.1, -0.05) is 29.6 Å². The zero-order valence-electron chi connectivity index (χ0n) is 7.36. The molecule has 0 aliphatic carbocycles. The van der Waals surface area contributed by atoms with E-state index in [4.69, 9.17) is 4.52 Å². The molecule has 0 spiro atoms. The summed E-state index contributed by atoms with van der Waals surface area (Å²) in [6, 6.07) is 10.4. The maximum atomic E-state index is 5.47. The Bertz CT molecular complexity index is 215. The van der Waals surface area contributed by atoms with E-state index in [1.54, 1.807) is 0 Å². The molecule has 0 saturated carbocycles. The summed E-state index contributed by atoms with van der Waals surface area (Å²) in [6.45, 7) is 4.98. The van der Waals surface area contributed by atoms with Crippen molar-refractivity contribution in [2.45, 2.75) is 11.8 Å². The molecule has 3 heteroatoms. The van der Waals surface area contributed by atoms with E-state index in [0.717, 1.165) is 6.61 Å². The fourth-order valence-electron chi connectivity index (χ4n) is 0.838. The van der Waals surface area contributed by atoms with Gasteiger partial charge >= 0.3 is 0 Å². The fraction of sp³-hybridized carbons (Fsp3) is 0.333. The molecule has 0 aromatic heterocycles. The van der Waals surface area contributed by atoms with Crippen LogP contribution in [0.1, 0.15) is 6.92 Å². The monoisotopic (exact) mass is 200 g/mol. The molecule has 0 fully saturated rings. The molecular formula is C9H13OPS. The summed E-state index contributed by atoms with van der Waals surface area (Å²) in [5.41, 5.74) is 0. The van der Waals surface area contributed by atoms with E-state index >= 15 is 0 Å². The second-order valence-electron chi connectivity index (χ2n) is 2.26. The summed E-state index contributed by atoms with van der Waals surface area (Å²) in [5.74, 6) is 0. The quantitative estimate of drug-likeness (QED) is 0.684. The Kier molecular flexibility index (Phi) is 4.67. The Labute approximate surface area is 79.1 Å². The predicted molar refractivity (Wildman–Crippen MR) is 56.8 cm³/mol. The van der Waals surface area contributed by atoms with E-state index in [2.05, 4.69) is 30.9 Å². The first kappa shape index (κ1) is 10.0. The zero-order valence-corrected chi connectivity index (χ0v) is 9.07.